The Bertz CT molecular complexity index is 611. The molecule has 0 spiro atoms. The molecule has 0 aliphatic heterocycles. The first kappa shape index (κ1) is 27.3. The van der Waals surface area contributed by atoms with E-state index in [1.807, 2.05) is 25.1 Å². The summed E-state index contributed by atoms with van der Waals surface area (Å²) in [6.45, 7) is 8.02. The van der Waals surface area contributed by atoms with E-state index >= 15 is 0 Å². The predicted molar refractivity (Wildman–Crippen MR) is 117 cm³/mol. The van der Waals surface area contributed by atoms with E-state index in [2.05, 4.69) is 11.8 Å². The predicted octanol–water partition coefficient (Wildman–Crippen LogP) is 1.45. The van der Waals surface area contributed by atoms with Gasteiger partial charge in [-0.25, -0.2) is 0 Å². The van der Waals surface area contributed by atoms with Crippen LogP contribution >= 0.6 is 0 Å². The Labute approximate surface area is 185 Å². The average molecular weight is 441 g/mol. The van der Waals surface area contributed by atoms with Crippen molar-refractivity contribution in [3.8, 4) is 17.6 Å². The van der Waals surface area contributed by atoms with Crippen LogP contribution in [0.5, 0.6) is 5.75 Å². The van der Waals surface area contributed by atoms with Gasteiger partial charge < -0.3 is 38.3 Å². The van der Waals surface area contributed by atoms with E-state index in [1.54, 1.807) is 7.11 Å². The van der Waals surface area contributed by atoms with E-state index in [0.717, 1.165) is 11.1 Å². The molecule has 0 fully saturated rings. The summed E-state index contributed by atoms with van der Waals surface area (Å²) < 4.78 is 37.7. The molecule has 1 aromatic rings. The molecule has 31 heavy (non-hydrogen) atoms. The zero-order valence-electron chi connectivity index (χ0n) is 18.7. The Hall–Kier alpha value is -1.70. The number of aryl methyl sites for hydroxylation is 1. The lowest BCUT2D eigenvalue weighted by Crippen LogP contribution is -2.14. The molecule has 0 atom stereocenters. The van der Waals surface area contributed by atoms with Crippen molar-refractivity contribution in [1.82, 2.24) is 0 Å². The Morgan fingerprint density at radius 2 is 1.19 bits per heavy atom. The molecule has 1 aromatic carbocycles. The Kier molecular flexibility index (Phi) is 17.8. The number of rotatable bonds is 19. The van der Waals surface area contributed by atoms with Crippen LogP contribution in [-0.4, -0.2) is 98.1 Å². The van der Waals surface area contributed by atoms with Crippen LogP contribution in [-0.2, 0) is 28.4 Å². The van der Waals surface area contributed by atoms with Gasteiger partial charge in [-0.05, 0) is 24.6 Å². The molecule has 0 amide bonds. The summed E-state index contributed by atoms with van der Waals surface area (Å²) in [5.41, 5.74) is 1.84. The molecule has 0 aliphatic rings. The van der Waals surface area contributed by atoms with Gasteiger partial charge in [-0.1, -0.05) is 17.9 Å². The van der Waals surface area contributed by atoms with E-state index in [1.165, 1.54) is 0 Å². The molecule has 176 valence electrons. The van der Waals surface area contributed by atoms with Gasteiger partial charge in [0.25, 0.3) is 0 Å². The Balaban J connectivity index is 1.90. The maximum absolute atomic E-state index is 8.84. The van der Waals surface area contributed by atoms with E-state index < -0.39 is 0 Å². The number of ether oxygens (including phenoxy) is 7. The minimum atomic E-state index is -0.180. The van der Waals surface area contributed by atoms with Gasteiger partial charge in [0, 0.05) is 7.11 Å². The molecule has 8 heteroatoms. The van der Waals surface area contributed by atoms with Crippen molar-refractivity contribution in [2.45, 2.75) is 6.92 Å². The topological polar surface area (TPSA) is 84.8 Å². The fourth-order valence-electron chi connectivity index (χ4n) is 2.32. The SMILES string of the molecule is COCCOCCOCCOCCOCCOCCOc1cc(C)ccc1C#CCO. The third kappa shape index (κ3) is 15.7. The fraction of sp³-hybridized carbons (Fsp3) is 0.652. The molecule has 1 N–H and O–H groups in total. The zero-order chi connectivity index (χ0) is 22.4. The van der Waals surface area contributed by atoms with Crippen LogP contribution in [0.1, 0.15) is 11.1 Å². The normalized spacial score (nSPS) is 10.7. The molecule has 1 rings (SSSR count). The van der Waals surface area contributed by atoms with Crippen molar-refractivity contribution in [3.63, 3.8) is 0 Å². The Morgan fingerprint density at radius 1 is 0.710 bits per heavy atom. The van der Waals surface area contributed by atoms with Gasteiger partial charge in [0.2, 0.25) is 0 Å². The largest absolute Gasteiger partial charge is 0.490 e. The van der Waals surface area contributed by atoms with E-state index in [4.69, 9.17) is 38.3 Å². The van der Waals surface area contributed by atoms with Crippen molar-refractivity contribution in [2.75, 3.05) is 93.0 Å². The minimum absolute atomic E-state index is 0.180. The quantitative estimate of drug-likeness (QED) is 0.256. The molecule has 0 bridgehead atoms. The van der Waals surface area contributed by atoms with Gasteiger partial charge in [-0.2, -0.15) is 0 Å². The first-order chi connectivity index (χ1) is 15.3. The standard InChI is InChI=1S/C23H36O8/c1-21-5-6-22(4-3-7-24)23(20-21)31-19-18-30-17-16-29-15-14-28-13-12-27-11-10-26-9-8-25-2/h5-6,20,24H,7-19H2,1-2H3. The lowest BCUT2D eigenvalue weighted by atomic mass is 10.1. The van der Waals surface area contributed by atoms with Crippen molar-refractivity contribution in [3.05, 3.63) is 29.3 Å². The average Bonchev–Trinajstić information content (AvgIpc) is 2.77. The molecule has 0 radical (unpaired) electrons. The molecule has 8 nitrogen and oxygen atoms in total. The van der Waals surface area contributed by atoms with Crippen LogP contribution in [0.25, 0.3) is 0 Å². The number of benzene rings is 1. The van der Waals surface area contributed by atoms with Crippen molar-refractivity contribution in [1.29, 1.82) is 0 Å². The summed E-state index contributed by atoms with van der Waals surface area (Å²) in [7, 11) is 1.64. The molecule has 0 unspecified atom stereocenters. The highest BCUT2D eigenvalue weighted by Crippen LogP contribution is 2.19. The highest BCUT2D eigenvalue weighted by atomic mass is 16.6. The first-order valence-corrected chi connectivity index (χ1v) is 10.5. The van der Waals surface area contributed by atoms with Gasteiger partial charge in [0.05, 0.1) is 78.2 Å². The van der Waals surface area contributed by atoms with Gasteiger partial charge in [0.1, 0.15) is 19.0 Å². The van der Waals surface area contributed by atoms with E-state index in [0.29, 0.717) is 85.0 Å². The minimum Gasteiger partial charge on any atom is -0.490 e. The van der Waals surface area contributed by atoms with Crippen molar-refractivity contribution < 1.29 is 38.3 Å². The van der Waals surface area contributed by atoms with Crippen LogP contribution in [0, 0.1) is 18.8 Å². The fourth-order valence-corrected chi connectivity index (χ4v) is 2.32. The smallest absolute Gasteiger partial charge is 0.135 e. The highest BCUT2D eigenvalue weighted by molar-refractivity contribution is 5.47. The second-order valence-corrected chi connectivity index (χ2v) is 6.36. The molecule has 0 saturated carbocycles. The van der Waals surface area contributed by atoms with Gasteiger partial charge in [-0.15, -0.1) is 0 Å². The summed E-state index contributed by atoms with van der Waals surface area (Å²) in [6, 6.07) is 5.76. The van der Waals surface area contributed by atoms with Gasteiger partial charge in [0.15, 0.2) is 0 Å². The number of hydrogen-bond acceptors (Lipinski definition) is 8. The van der Waals surface area contributed by atoms with E-state index in [-0.39, 0.29) is 6.61 Å². The summed E-state index contributed by atoms with van der Waals surface area (Å²) in [5.74, 6) is 6.22. The van der Waals surface area contributed by atoms with Crippen LogP contribution < -0.4 is 4.74 Å². The van der Waals surface area contributed by atoms with Crippen LogP contribution in [0.2, 0.25) is 0 Å². The first-order valence-electron chi connectivity index (χ1n) is 10.5. The third-order valence-corrected chi connectivity index (χ3v) is 3.84. The number of methoxy groups -OCH3 is 1. The summed E-state index contributed by atoms with van der Waals surface area (Å²) in [6.07, 6.45) is 0. The van der Waals surface area contributed by atoms with Gasteiger partial charge >= 0.3 is 0 Å². The molecule has 0 heterocycles. The summed E-state index contributed by atoms with van der Waals surface area (Å²) in [4.78, 5) is 0. The lowest BCUT2D eigenvalue weighted by molar-refractivity contribution is -0.0159. The van der Waals surface area contributed by atoms with Crippen molar-refractivity contribution in [2.24, 2.45) is 0 Å². The number of hydrogen-bond donors (Lipinski definition) is 1. The number of aliphatic hydroxyl groups excluding tert-OH is 1. The molecule has 0 aliphatic carbocycles. The van der Waals surface area contributed by atoms with Crippen LogP contribution in [0.3, 0.4) is 0 Å². The van der Waals surface area contributed by atoms with Crippen LogP contribution in [0.15, 0.2) is 18.2 Å². The summed E-state index contributed by atoms with van der Waals surface area (Å²) >= 11 is 0. The summed E-state index contributed by atoms with van der Waals surface area (Å²) in [5, 5.41) is 8.84. The maximum atomic E-state index is 8.84. The lowest BCUT2D eigenvalue weighted by Gasteiger charge is -2.10. The Morgan fingerprint density at radius 3 is 1.68 bits per heavy atom. The highest BCUT2D eigenvalue weighted by Gasteiger charge is 2.02. The monoisotopic (exact) mass is 440 g/mol. The second-order valence-electron chi connectivity index (χ2n) is 6.36. The molecule has 0 saturated heterocycles. The second kappa shape index (κ2) is 20.2. The van der Waals surface area contributed by atoms with Crippen LogP contribution in [0.4, 0.5) is 0 Å². The molecular formula is C23H36O8. The van der Waals surface area contributed by atoms with E-state index in [9.17, 15) is 0 Å². The third-order valence-electron chi connectivity index (χ3n) is 3.84. The van der Waals surface area contributed by atoms with Crippen molar-refractivity contribution >= 4 is 0 Å². The maximum Gasteiger partial charge on any atom is 0.135 e. The number of aliphatic hydroxyl groups is 1. The molecule has 0 aromatic heterocycles. The van der Waals surface area contributed by atoms with Gasteiger partial charge in [-0.3, -0.25) is 0 Å². The molecular weight excluding hydrogens is 404 g/mol. The zero-order valence-corrected chi connectivity index (χ0v) is 18.7.